The third-order valence-corrected chi connectivity index (χ3v) is 8.93. The number of aromatic nitrogens is 1. The number of carbonyl (C=O) groups excluding carboxylic acids is 2. The maximum Gasteiger partial charge on any atom is 0.255 e. The summed E-state index contributed by atoms with van der Waals surface area (Å²) in [6.07, 6.45) is 6.37. The molecule has 13 heteroatoms. The fourth-order valence-corrected chi connectivity index (χ4v) is 7.31. The molecule has 2 aliphatic rings. The zero-order valence-electron chi connectivity index (χ0n) is 22.7. The van der Waals surface area contributed by atoms with E-state index in [-0.39, 0.29) is 17.5 Å². The largest absolute Gasteiger partial charge is 0.619 e. The predicted octanol–water partition coefficient (Wildman–Crippen LogP) is 4.02. The molecule has 1 aliphatic heterocycles. The lowest BCUT2D eigenvalue weighted by molar-refractivity contribution is -0.606. The van der Waals surface area contributed by atoms with Crippen molar-refractivity contribution in [2.75, 3.05) is 6.26 Å². The summed E-state index contributed by atoms with van der Waals surface area (Å²) >= 11 is 12.9. The maximum atomic E-state index is 14.3. The number of hydrogen-bond acceptors (Lipinski definition) is 6. The number of halogens is 2. The average Bonchev–Trinajstić information content (AvgIpc) is 2.93. The van der Waals surface area contributed by atoms with E-state index in [1.165, 1.54) is 12.4 Å². The molecule has 42 heavy (non-hydrogen) atoms. The fraction of sp³-hybridized carbons (Fsp3) is 0.345. The molecule has 2 N–H and O–H groups in total. The SMILES string of the molecule is CS(=O)(=O)N[C@H]1CCCCC1N1C(=O)c2ccccc2[C@@H](C(=O)NOCc2ccc[n+]([O-])c2)[C@@H]1c1ccc(Cl)cc1Cl. The predicted molar refractivity (Wildman–Crippen MR) is 157 cm³/mol. The van der Waals surface area contributed by atoms with Crippen molar-refractivity contribution in [1.82, 2.24) is 15.1 Å². The second kappa shape index (κ2) is 12.6. The van der Waals surface area contributed by atoms with Crippen LogP contribution in [0, 0.1) is 5.21 Å². The van der Waals surface area contributed by atoms with E-state index in [1.54, 1.807) is 59.5 Å². The van der Waals surface area contributed by atoms with E-state index in [1.807, 2.05) is 0 Å². The number of carbonyl (C=O) groups is 2. The minimum Gasteiger partial charge on any atom is -0.619 e. The molecule has 1 aliphatic carbocycles. The van der Waals surface area contributed by atoms with Gasteiger partial charge in [0, 0.05) is 39.3 Å². The van der Waals surface area contributed by atoms with Crippen LogP contribution >= 0.6 is 23.2 Å². The van der Waals surface area contributed by atoms with Crippen LogP contribution in [0.2, 0.25) is 10.0 Å². The van der Waals surface area contributed by atoms with Gasteiger partial charge in [-0.1, -0.05) is 60.3 Å². The maximum absolute atomic E-state index is 14.3. The Kier molecular flexibility index (Phi) is 9.05. The molecule has 0 spiro atoms. The van der Waals surface area contributed by atoms with Crippen molar-refractivity contribution in [3.05, 3.63) is 104 Å². The van der Waals surface area contributed by atoms with Crippen molar-refractivity contribution in [2.45, 2.75) is 56.3 Å². The molecule has 1 unspecified atom stereocenters. The van der Waals surface area contributed by atoms with Crippen molar-refractivity contribution in [3.63, 3.8) is 0 Å². The van der Waals surface area contributed by atoms with Crippen LogP contribution in [0.4, 0.5) is 0 Å². The van der Waals surface area contributed by atoms with E-state index in [4.69, 9.17) is 28.0 Å². The van der Waals surface area contributed by atoms with Gasteiger partial charge in [-0.05, 0) is 48.2 Å². The Bertz CT molecular complexity index is 1600. The van der Waals surface area contributed by atoms with Gasteiger partial charge >= 0.3 is 0 Å². The van der Waals surface area contributed by atoms with Crippen LogP contribution in [0.1, 0.15) is 64.7 Å². The Balaban J connectivity index is 1.59. The number of hydroxylamine groups is 1. The third kappa shape index (κ3) is 6.55. The summed E-state index contributed by atoms with van der Waals surface area (Å²) < 4.78 is 28.0. The highest BCUT2D eigenvalue weighted by atomic mass is 35.5. The molecule has 1 aromatic heterocycles. The molecule has 2 aromatic carbocycles. The molecule has 222 valence electrons. The molecule has 3 aromatic rings. The van der Waals surface area contributed by atoms with Gasteiger partial charge in [0.2, 0.25) is 10.0 Å². The lowest BCUT2D eigenvalue weighted by atomic mass is 9.76. The molecule has 0 radical (unpaired) electrons. The number of nitrogens with zero attached hydrogens (tertiary/aromatic N) is 2. The lowest BCUT2D eigenvalue weighted by Gasteiger charge is -2.49. The van der Waals surface area contributed by atoms with Crippen LogP contribution in [-0.4, -0.2) is 43.5 Å². The summed E-state index contributed by atoms with van der Waals surface area (Å²) in [5.74, 6) is -1.84. The van der Waals surface area contributed by atoms with Gasteiger partial charge in [0.1, 0.15) is 6.61 Å². The van der Waals surface area contributed by atoms with Crippen molar-refractivity contribution >= 4 is 45.0 Å². The number of amides is 2. The number of nitrogens with one attached hydrogen (secondary N) is 2. The van der Waals surface area contributed by atoms with Crippen molar-refractivity contribution < 1.29 is 27.6 Å². The van der Waals surface area contributed by atoms with Crippen LogP contribution in [0.3, 0.4) is 0 Å². The first-order valence-corrected chi connectivity index (χ1v) is 16.1. The van der Waals surface area contributed by atoms with Crippen LogP contribution in [0.5, 0.6) is 0 Å². The highest BCUT2D eigenvalue weighted by molar-refractivity contribution is 7.88. The van der Waals surface area contributed by atoms with Crippen LogP contribution < -0.4 is 14.9 Å². The first-order valence-electron chi connectivity index (χ1n) is 13.5. The first kappa shape index (κ1) is 30.2. The molecule has 0 bridgehead atoms. The Morgan fingerprint density at radius 1 is 1.10 bits per heavy atom. The molecular weight excluding hydrogens is 603 g/mol. The van der Waals surface area contributed by atoms with Gasteiger partial charge in [-0.3, -0.25) is 14.4 Å². The second-order valence-corrected chi connectivity index (χ2v) is 13.2. The number of fused-ring (bicyclic) bond motifs is 1. The van der Waals surface area contributed by atoms with Gasteiger partial charge in [0.15, 0.2) is 12.4 Å². The van der Waals surface area contributed by atoms with E-state index in [9.17, 15) is 23.2 Å². The number of rotatable bonds is 8. The number of pyridine rings is 1. The smallest absolute Gasteiger partial charge is 0.255 e. The van der Waals surface area contributed by atoms with Gasteiger partial charge < -0.3 is 10.1 Å². The summed E-state index contributed by atoms with van der Waals surface area (Å²) in [6.45, 7) is -0.0683. The van der Waals surface area contributed by atoms with Gasteiger partial charge in [-0.15, -0.1) is 0 Å². The zero-order valence-corrected chi connectivity index (χ0v) is 25.0. The summed E-state index contributed by atoms with van der Waals surface area (Å²) in [4.78, 5) is 35.4. The monoisotopic (exact) mass is 632 g/mol. The summed E-state index contributed by atoms with van der Waals surface area (Å²) in [7, 11) is -3.60. The minimum atomic E-state index is -3.60. The standard InChI is InChI=1S/C29H30Cl2N4O6S/c1-42(39,40)33-24-10-4-5-11-25(24)35-27(22-13-12-19(30)15-23(22)31)26(20-8-2-3-9-21(20)29(35)37)28(36)32-41-17-18-7-6-14-34(38)16-18/h2-3,6-9,12-16,24-27,33H,4-5,10-11,17H2,1H3,(H,32,36)/t24-,25?,26+,27-/m0/s1. The van der Waals surface area contributed by atoms with Gasteiger partial charge in [-0.25, -0.2) is 18.6 Å². The normalized spacial score (nSPS) is 22.5. The quantitative estimate of drug-likeness (QED) is 0.219. The number of hydrogen-bond donors (Lipinski definition) is 2. The molecule has 0 saturated heterocycles. The molecule has 2 amide bonds. The van der Waals surface area contributed by atoms with E-state index in [0.717, 1.165) is 19.1 Å². The molecule has 10 nitrogen and oxygen atoms in total. The number of sulfonamides is 1. The highest BCUT2D eigenvalue weighted by Crippen LogP contribution is 2.47. The third-order valence-electron chi connectivity index (χ3n) is 7.64. The minimum absolute atomic E-state index is 0.0683. The Morgan fingerprint density at radius 2 is 1.86 bits per heavy atom. The van der Waals surface area contributed by atoms with E-state index in [0.29, 0.717) is 44.8 Å². The molecule has 1 saturated carbocycles. The van der Waals surface area contributed by atoms with Crippen molar-refractivity contribution in [3.8, 4) is 0 Å². The van der Waals surface area contributed by atoms with E-state index < -0.39 is 40.0 Å². The molecule has 4 atom stereocenters. The summed E-state index contributed by atoms with van der Waals surface area (Å²) in [5, 5.41) is 12.3. The topological polar surface area (TPSA) is 132 Å². The molecule has 1 fully saturated rings. The van der Waals surface area contributed by atoms with Crippen LogP contribution in [-0.2, 0) is 26.3 Å². The molecule has 2 heterocycles. The van der Waals surface area contributed by atoms with Gasteiger partial charge in [0.25, 0.3) is 11.8 Å². The van der Waals surface area contributed by atoms with Crippen molar-refractivity contribution in [1.29, 1.82) is 0 Å². The van der Waals surface area contributed by atoms with Crippen LogP contribution in [0.15, 0.2) is 67.0 Å². The van der Waals surface area contributed by atoms with Gasteiger partial charge in [-0.2, -0.15) is 4.73 Å². The number of benzene rings is 2. The zero-order chi connectivity index (χ0) is 30.0. The van der Waals surface area contributed by atoms with E-state index >= 15 is 0 Å². The summed E-state index contributed by atoms with van der Waals surface area (Å²) in [5.41, 5.74) is 4.36. The fourth-order valence-electron chi connectivity index (χ4n) is 5.97. The Hall–Kier alpha value is -3.22. The Morgan fingerprint density at radius 3 is 2.60 bits per heavy atom. The summed E-state index contributed by atoms with van der Waals surface area (Å²) in [6, 6.07) is 12.9. The second-order valence-electron chi connectivity index (χ2n) is 10.6. The highest BCUT2D eigenvalue weighted by Gasteiger charge is 2.49. The van der Waals surface area contributed by atoms with E-state index in [2.05, 4.69) is 10.2 Å². The lowest BCUT2D eigenvalue weighted by Crippen LogP contribution is -2.59. The first-order chi connectivity index (χ1) is 20.0. The van der Waals surface area contributed by atoms with Gasteiger partial charge in [0.05, 0.1) is 18.2 Å². The van der Waals surface area contributed by atoms with Crippen LogP contribution in [0.25, 0.3) is 0 Å². The van der Waals surface area contributed by atoms with Crippen molar-refractivity contribution in [2.24, 2.45) is 0 Å². The average molecular weight is 634 g/mol. The Labute approximate surface area is 254 Å². The molecule has 5 rings (SSSR count). The molecular formula is C29H30Cl2N4O6S.